The summed E-state index contributed by atoms with van der Waals surface area (Å²) in [5.74, 6) is 4.79. The number of fused-ring (bicyclic) bond motifs is 9. The number of ether oxygens (including phenoxy) is 1. The molecule has 5 fully saturated rings. The Morgan fingerprint density at radius 2 is 2.04 bits per heavy atom. The van der Waals surface area contributed by atoms with E-state index in [1.54, 1.807) is 0 Å². The van der Waals surface area contributed by atoms with Gasteiger partial charge in [-0.1, -0.05) is 18.6 Å². The average Bonchev–Trinajstić information content (AvgIpc) is 3.29. The molecular weight excluding hydrogens is 336 g/mol. The lowest BCUT2D eigenvalue weighted by atomic mass is 9.46. The summed E-state index contributed by atoms with van der Waals surface area (Å²) in [7, 11) is 0. The molecule has 0 amide bonds. The van der Waals surface area contributed by atoms with Crippen LogP contribution in [0.25, 0.3) is 0 Å². The van der Waals surface area contributed by atoms with Gasteiger partial charge in [-0.05, 0) is 80.1 Å². The first-order chi connectivity index (χ1) is 13.0. The van der Waals surface area contributed by atoms with Crippen LogP contribution in [0, 0.1) is 46.8 Å². The molecule has 0 radical (unpaired) electrons. The van der Waals surface area contributed by atoms with Crippen molar-refractivity contribution < 1.29 is 14.3 Å². The molecule has 0 aromatic carbocycles. The van der Waals surface area contributed by atoms with Gasteiger partial charge in [0.15, 0.2) is 5.78 Å². The van der Waals surface area contributed by atoms with E-state index in [9.17, 15) is 9.59 Å². The zero-order valence-corrected chi connectivity index (χ0v) is 16.3. The largest absolute Gasteiger partial charge is 0.458 e. The van der Waals surface area contributed by atoms with Gasteiger partial charge in [-0.15, -0.1) is 6.58 Å². The number of hydrogen-bond acceptors (Lipinski definition) is 3. The van der Waals surface area contributed by atoms with E-state index in [0.717, 1.165) is 31.6 Å². The Bertz CT molecular complexity index is 780. The minimum atomic E-state index is -0.172. The van der Waals surface area contributed by atoms with E-state index in [1.165, 1.54) is 24.8 Å². The molecule has 6 aliphatic rings. The highest BCUT2D eigenvalue weighted by atomic mass is 16.6. The fraction of sp³-hybridized carbons (Fsp3) is 0.750. The van der Waals surface area contributed by atoms with Gasteiger partial charge in [0, 0.05) is 24.2 Å². The lowest BCUT2D eigenvalue weighted by molar-refractivity contribution is -0.175. The molecule has 3 nitrogen and oxygen atoms in total. The molecule has 1 spiro atoms. The van der Waals surface area contributed by atoms with Crippen molar-refractivity contribution in [3.63, 3.8) is 0 Å². The Balaban J connectivity index is 1.42. The monoisotopic (exact) mass is 366 g/mol. The average molecular weight is 367 g/mol. The summed E-state index contributed by atoms with van der Waals surface area (Å²) in [6.07, 6.45) is 12.2. The summed E-state index contributed by atoms with van der Waals surface area (Å²) >= 11 is 0. The lowest BCUT2D eigenvalue weighted by Crippen LogP contribution is -2.56. The molecule has 0 bridgehead atoms. The highest BCUT2D eigenvalue weighted by Crippen LogP contribution is 2.78. The molecule has 144 valence electrons. The zero-order chi connectivity index (χ0) is 18.6. The van der Waals surface area contributed by atoms with Crippen LogP contribution in [0.2, 0.25) is 0 Å². The number of carbonyl (C=O) groups is 2. The number of ketones is 1. The standard InChI is InChI=1S/C24H30O3/c1-3-13-10-14-11-15(25)4-5-16(14)17-6-8-23(2)22(21(13)17)18-12-19(18)24(23)9-7-20(26)27-24/h3,11,13,16-19,21-22H,1,4-10,12H2,2H3/t13-,16-,17?,18-,19+,21?,22?,23-,24-/m0/s1. The smallest absolute Gasteiger partial charge is 0.306 e. The van der Waals surface area contributed by atoms with Crippen molar-refractivity contribution in [3.05, 3.63) is 24.3 Å². The van der Waals surface area contributed by atoms with E-state index in [-0.39, 0.29) is 17.0 Å². The quantitative estimate of drug-likeness (QED) is 0.508. The van der Waals surface area contributed by atoms with Crippen LogP contribution in [0.4, 0.5) is 0 Å². The topological polar surface area (TPSA) is 43.4 Å². The third-order valence-corrected chi connectivity index (χ3v) is 9.81. The van der Waals surface area contributed by atoms with Gasteiger partial charge >= 0.3 is 5.97 Å². The number of allylic oxidation sites excluding steroid dienone is 2. The van der Waals surface area contributed by atoms with Crippen molar-refractivity contribution in [2.75, 3.05) is 0 Å². The summed E-state index contributed by atoms with van der Waals surface area (Å²) in [5.41, 5.74) is 1.38. The molecule has 1 heterocycles. The fourth-order valence-electron chi connectivity index (χ4n) is 8.87. The van der Waals surface area contributed by atoms with Crippen molar-refractivity contribution >= 4 is 11.8 Å². The highest BCUT2D eigenvalue weighted by molar-refractivity contribution is 5.91. The first-order valence-electron chi connectivity index (χ1n) is 11.1. The van der Waals surface area contributed by atoms with Crippen LogP contribution < -0.4 is 0 Å². The van der Waals surface area contributed by atoms with Crippen molar-refractivity contribution in [1.82, 2.24) is 0 Å². The second-order valence-corrected chi connectivity index (χ2v) is 10.5. The van der Waals surface area contributed by atoms with Gasteiger partial charge < -0.3 is 4.74 Å². The van der Waals surface area contributed by atoms with Crippen molar-refractivity contribution in [2.24, 2.45) is 46.8 Å². The highest BCUT2D eigenvalue weighted by Gasteiger charge is 2.79. The molecule has 3 unspecified atom stereocenters. The molecule has 0 aromatic heterocycles. The van der Waals surface area contributed by atoms with Crippen molar-refractivity contribution in [3.8, 4) is 0 Å². The van der Waals surface area contributed by atoms with E-state index in [4.69, 9.17) is 4.74 Å². The Labute approximate surface area is 161 Å². The fourth-order valence-corrected chi connectivity index (χ4v) is 8.87. The normalized spacial score (nSPS) is 55.1. The van der Waals surface area contributed by atoms with E-state index < -0.39 is 0 Å². The predicted molar refractivity (Wildman–Crippen MR) is 102 cm³/mol. The maximum atomic E-state index is 12.1. The van der Waals surface area contributed by atoms with Gasteiger partial charge in [-0.3, -0.25) is 9.59 Å². The van der Waals surface area contributed by atoms with Gasteiger partial charge in [-0.25, -0.2) is 0 Å². The van der Waals surface area contributed by atoms with Gasteiger partial charge in [0.05, 0.1) is 0 Å². The van der Waals surface area contributed by atoms with Gasteiger partial charge in [0.25, 0.3) is 0 Å². The summed E-state index contributed by atoms with van der Waals surface area (Å²) in [6, 6.07) is 0. The number of carbonyl (C=O) groups excluding carboxylic acids is 2. The maximum absolute atomic E-state index is 12.1. The molecule has 1 aliphatic heterocycles. The van der Waals surface area contributed by atoms with E-state index in [2.05, 4.69) is 19.6 Å². The van der Waals surface area contributed by atoms with Crippen molar-refractivity contribution in [2.45, 2.75) is 63.9 Å². The van der Waals surface area contributed by atoms with E-state index >= 15 is 0 Å². The molecule has 3 heteroatoms. The third-order valence-electron chi connectivity index (χ3n) is 9.81. The Hall–Kier alpha value is -1.38. The van der Waals surface area contributed by atoms with Gasteiger partial charge in [0.1, 0.15) is 5.60 Å². The summed E-state index contributed by atoms with van der Waals surface area (Å²) in [4.78, 5) is 24.1. The minimum absolute atomic E-state index is 0.0320. The minimum Gasteiger partial charge on any atom is -0.458 e. The Kier molecular flexibility index (Phi) is 3.16. The van der Waals surface area contributed by atoms with Crippen LogP contribution in [0.1, 0.15) is 58.3 Å². The van der Waals surface area contributed by atoms with Crippen LogP contribution in [-0.2, 0) is 14.3 Å². The van der Waals surface area contributed by atoms with Gasteiger partial charge in [0.2, 0.25) is 0 Å². The predicted octanol–water partition coefficient (Wildman–Crippen LogP) is 4.47. The third kappa shape index (κ3) is 1.89. The summed E-state index contributed by atoms with van der Waals surface area (Å²) < 4.78 is 6.18. The van der Waals surface area contributed by atoms with Crippen molar-refractivity contribution in [1.29, 1.82) is 0 Å². The van der Waals surface area contributed by atoms with Crippen LogP contribution in [-0.4, -0.2) is 17.4 Å². The summed E-state index contributed by atoms with van der Waals surface area (Å²) in [6.45, 7) is 6.66. The molecule has 4 saturated carbocycles. The lowest BCUT2D eigenvalue weighted by Gasteiger charge is -2.59. The number of esters is 1. The second kappa shape index (κ2) is 5.15. The molecule has 6 rings (SSSR count). The van der Waals surface area contributed by atoms with Crippen LogP contribution >= 0.6 is 0 Å². The molecule has 1 saturated heterocycles. The zero-order valence-electron chi connectivity index (χ0n) is 16.3. The first-order valence-corrected chi connectivity index (χ1v) is 11.1. The molecular formula is C24H30O3. The van der Waals surface area contributed by atoms with E-state index in [1.807, 2.05) is 6.08 Å². The molecule has 5 aliphatic carbocycles. The molecule has 27 heavy (non-hydrogen) atoms. The van der Waals surface area contributed by atoms with Gasteiger partial charge in [-0.2, -0.15) is 0 Å². The molecule has 9 atom stereocenters. The second-order valence-electron chi connectivity index (χ2n) is 10.5. The molecule has 0 N–H and O–H groups in total. The van der Waals surface area contributed by atoms with Crippen LogP contribution in [0.5, 0.6) is 0 Å². The first kappa shape index (κ1) is 16.6. The Morgan fingerprint density at radius 1 is 1.19 bits per heavy atom. The van der Waals surface area contributed by atoms with Crippen LogP contribution in [0.3, 0.4) is 0 Å². The van der Waals surface area contributed by atoms with Crippen LogP contribution in [0.15, 0.2) is 24.3 Å². The number of hydrogen-bond donors (Lipinski definition) is 0. The maximum Gasteiger partial charge on any atom is 0.306 e. The summed E-state index contributed by atoms with van der Waals surface area (Å²) in [5, 5.41) is 0. The number of rotatable bonds is 1. The molecule has 0 aromatic rings. The van der Waals surface area contributed by atoms with E-state index in [0.29, 0.717) is 47.7 Å². The Morgan fingerprint density at radius 3 is 2.78 bits per heavy atom. The SMILES string of the molecule is C=C[C@H]1CC2=CC(=O)CC[C@@H]2C2CC[C@@]3(C)C(C21)[C@H]1C[C@H]1[C@@]31CCC(=O)O1.